The number of halogens is 1. The number of hydrogen-bond donors (Lipinski definition) is 1. The topological polar surface area (TPSA) is 111 Å². The van der Waals surface area contributed by atoms with E-state index in [4.69, 9.17) is 26.8 Å². The number of hydrogen-bond acceptors (Lipinski definition) is 8. The van der Waals surface area contributed by atoms with Gasteiger partial charge in [-0.1, -0.05) is 11.6 Å². The quantitative estimate of drug-likeness (QED) is 0.614. The van der Waals surface area contributed by atoms with E-state index in [0.29, 0.717) is 65.4 Å². The molecule has 0 saturated carbocycles. The fraction of sp³-hybridized carbons (Fsp3) is 0.300. The number of aromatic nitrogens is 2. The summed E-state index contributed by atoms with van der Waals surface area (Å²) in [6, 6.07) is 9.65. The summed E-state index contributed by atoms with van der Waals surface area (Å²) < 4.78 is 37.9. The number of nitrogen functional groups attached to an aromatic ring is 1. The van der Waals surface area contributed by atoms with Gasteiger partial charge >= 0.3 is 0 Å². The van der Waals surface area contributed by atoms with Crippen LogP contribution in [0, 0.1) is 0 Å². The third-order valence-electron chi connectivity index (χ3n) is 5.19. The van der Waals surface area contributed by atoms with E-state index in [-0.39, 0.29) is 4.90 Å². The van der Waals surface area contributed by atoms with Crippen molar-refractivity contribution in [3.8, 4) is 11.5 Å². The molecule has 0 spiro atoms. The minimum Gasteiger partial charge on any atom is -0.493 e. The zero-order chi connectivity index (χ0) is 22.2. The standard InChI is InChI=1S/C20H22ClN5O4S/c1-29-17-11-15-16(12-18(17)30-2)23-20(24-19(15)22)25-7-9-26(10-8-25)31(27,28)14-5-3-13(21)4-6-14/h3-6,11-12H,7-10H2,1-2H3,(H2,22,23,24). The van der Waals surface area contributed by atoms with Crippen molar-refractivity contribution < 1.29 is 17.9 Å². The van der Waals surface area contributed by atoms with Crippen molar-refractivity contribution in [3.63, 3.8) is 0 Å². The Morgan fingerprint density at radius 2 is 1.58 bits per heavy atom. The van der Waals surface area contributed by atoms with E-state index >= 15 is 0 Å². The van der Waals surface area contributed by atoms with Gasteiger partial charge in [-0.25, -0.2) is 13.4 Å². The van der Waals surface area contributed by atoms with E-state index in [2.05, 4.69) is 9.97 Å². The minimum absolute atomic E-state index is 0.220. The van der Waals surface area contributed by atoms with Crippen LogP contribution in [0.25, 0.3) is 10.9 Å². The summed E-state index contributed by atoms with van der Waals surface area (Å²) in [6.07, 6.45) is 0. The molecule has 4 rings (SSSR count). The molecule has 0 atom stereocenters. The molecule has 3 aromatic rings. The SMILES string of the molecule is COc1cc2nc(N3CCN(S(=O)(=O)c4ccc(Cl)cc4)CC3)nc(N)c2cc1OC. The van der Waals surface area contributed by atoms with Gasteiger partial charge in [-0.15, -0.1) is 0 Å². The smallest absolute Gasteiger partial charge is 0.243 e. The number of methoxy groups -OCH3 is 2. The fourth-order valence-electron chi connectivity index (χ4n) is 3.49. The van der Waals surface area contributed by atoms with Crippen molar-refractivity contribution in [1.82, 2.24) is 14.3 Å². The van der Waals surface area contributed by atoms with Crippen LogP contribution in [0.4, 0.5) is 11.8 Å². The van der Waals surface area contributed by atoms with E-state index in [1.807, 2.05) is 4.90 Å². The number of ether oxygens (including phenoxy) is 2. The van der Waals surface area contributed by atoms with Crippen LogP contribution in [0.1, 0.15) is 0 Å². The molecule has 164 valence electrons. The Hall–Kier alpha value is -2.82. The molecule has 2 N–H and O–H groups in total. The number of rotatable bonds is 5. The van der Waals surface area contributed by atoms with Gasteiger partial charge in [0.25, 0.3) is 0 Å². The molecule has 2 aromatic carbocycles. The molecule has 2 heterocycles. The van der Waals surface area contributed by atoms with Crippen LogP contribution in [0.15, 0.2) is 41.3 Å². The Bertz CT molecular complexity index is 1210. The summed E-state index contributed by atoms with van der Waals surface area (Å²) in [6.45, 7) is 1.48. The first-order valence-corrected chi connectivity index (χ1v) is 11.3. The molecule has 11 heteroatoms. The largest absolute Gasteiger partial charge is 0.493 e. The zero-order valence-corrected chi connectivity index (χ0v) is 18.7. The van der Waals surface area contributed by atoms with Crippen LogP contribution in [0.2, 0.25) is 5.02 Å². The molecule has 1 fully saturated rings. The van der Waals surface area contributed by atoms with Gasteiger partial charge in [-0.2, -0.15) is 9.29 Å². The minimum atomic E-state index is -3.59. The molecule has 9 nitrogen and oxygen atoms in total. The highest BCUT2D eigenvalue weighted by molar-refractivity contribution is 7.89. The van der Waals surface area contributed by atoms with Crippen LogP contribution in [0.5, 0.6) is 11.5 Å². The maximum absolute atomic E-state index is 12.9. The van der Waals surface area contributed by atoms with Crippen molar-refractivity contribution in [2.45, 2.75) is 4.90 Å². The van der Waals surface area contributed by atoms with Gasteiger partial charge in [0.1, 0.15) is 5.82 Å². The van der Waals surface area contributed by atoms with Gasteiger partial charge in [-0.05, 0) is 30.3 Å². The molecular formula is C20H22ClN5O4S. The summed E-state index contributed by atoms with van der Waals surface area (Å²) in [5, 5.41) is 1.15. The molecule has 0 amide bonds. The average Bonchev–Trinajstić information content (AvgIpc) is 2.78. The Morgan fingerprint density at radius 1 is 0.968 bits per heavy atom. The number of anilines is 2. The monoisotopic (exact) mass is 463 g/mol. The summed E-state index contributed by atoms with van der Waals surface area (Å²) in [5.41, 5.74) is 6.79. The lowest BCUT2D eigenvalue weighted by molar-refractivity contribution is 0.356. The summed E-state index contributed by atoms with van der Waals surface area (Å²) in [7, 11) is -0.492. The number of piperazine rings is 1. The third kappa shape index (κ3) is 4.06. The zero-order valence-electron chi connectivity index (χ0n) is 17.1. The van der Waals surface area contributed by atoms with E-state index in [9.17, 15) is 8.42 Å². The Morgan fingerprint density at radius 3 is 2.19 bits per heavy atom. The summed E-state index contributed by atoms with van der Waals surface area (Å²) in [5.74, 6) is 1.84. The third-order valence-corrected chi connectivity index (χ3v) is 7.36. The number of fused-ring (bicyclic) bond motifs is 1. The Labute approximate surface area is 185 Å². The van der Waals surface area contributed by atoms with E-state index in [1.54, 1.807) is 38.5 Å². The molecule has 1 aromatic heterocycles. The molecule has 1 aliphatic heterocycles. The Balaban J connectivity index is 1.56. The lowest BCUT2D eigenvalue weighted by Crippen LogP contribution is -2.49. The lowest BCUT2D eigenvalue weighted by atomic mass is 10.2. The normalized spacial score (nSPS) is 15.3. The first kappa shape index (κ1) is 21.4. The molecule has 1 aliphatic rings. The van der Waals surface area contributed by atoms with Gasteiger partial charge in [0.2, 0.25) is 16.0 Å². The van der Waals surface area contributed by atoms with Crippen LogP contribution < -0.4 is 20.1 Å². The van der Waals surface area contributed by atoms with Crippen LogP contribution >= 0.6 is 11.6 Å². The molecular weight excluding hydrogens is 442 g/mol. The van der Waals surface area contributed by atoms with Crippen molar-refractivity contribution >= 4 is 44.3 Å². The number of nitrogens with zero attached hydrogens (tertiary/aromatic N) is 4. The van der Waals surface area contributed by atoms with Gasteiger partial charge in [0.15, 0.2) is 11.5 Å². The second kappa shape index (κ2) is 8.37. The maximum Gasteiger partial charge on any atom is 0.243 e. The average molecular weight is 464 g/mol. The van der Waals surface area contributed by atoms with Crippen molar-refractivity contribution in [2.75, 3.05) is 51.0 Å². The van der Waals surface area contributed by atoms with Crippen molar-refractivity contribution in [3.05, 3.63) is 41.4 Å². The number of benzene rings is 2. The molecule has 0 bridgehead atoms. The maximum atomic E-state index is 12.9. The molecule has 31 heavy (non-hydrogen) atoms. The van der Waals surface area contributed by atoms with Gasteiger partial charge in [-0.3, -0.25) is 0 Å². The molecule has 0 unspecified atom stereocenters. The summed E-state index contributed by atoms with van der Waals surface area (Å²) >= 11 is 5.87. The first-order chi connectivity index (χ1) is 14.8. The highest BCUT2D eigenvalue weighted by Crippen LogP contribution is 2.34. The van der Waals surface area contributed by atoms with Gasteiger partial charge in [0.05, 0.1) is 24.6 Å². The number of nitrogens with two attached hydrogens (primary N) is 1. The van der Waals surface area contributed by atoms with E-state index in [1.165, 1.54) is 16.4 Å². The predicted octanol–water partition coefficient (Wildman–Crippen LogP) is 2.39. The van der Waals surface area contributed by atoms with Crippen LogP contribution in [0.3, 0.4) is 0 Å². The second-order valence-corrected chi connectivity index (χ2v) is 9.35. The Kier molecular flexibility index (Phi) is 5.78. The van der Waals surface area contributed by atoms with Crippen LogP contribution in [-0.2, 0) is 10.0 Å². The summed E-state index contributed by atoms with van der Waals surface area (Å²) in [4.78, 5) is 11.2. The highest BCUT2D eigenvalue weighted by atomic mass is 35.5. The second-order valence-electron chi connectivity index (χ2n) is 6.98. The lowest BCUT2D eigenvalue weighted by Gasteiger charge is -2.34. The highest BCUT2D eigenvalue weighted by Gasteiger charge is 2.29. The first-order valence-electron chi connectivity index (χ1n) is 9.53. The number of sulfonamides is 1. The molecule has 0 radical (unpaired) electrons. The molecule has 0 aliphatic carbocycles. The van der Waals surface area contributed by atoms with Gasteiger partial charge < -0.3 is 20.1 Å². The van der Waals surface area contributed by atoms with Crippen molar-refractivity contribution in [2.24, 2.45) is 0 Å². The van der Waals surface area contributed by atoms with E-state index in [0.717, 1.165) is 0 Å². The van der Waals surface area contributed by atoms with E-state index < -0.39 is 10.0 Å². The van der Waals surface area contributed by atoms with Crippen molar-refractivity contribution in [1.29, 1.82) is 0 Å². The van der Waals surface area contributed by atoms with Crippen LogP contribution in [-0.4, -0.2) is 63.1 Å². The fourth-order valence-corrected chi connectivity index (χ4v) is 5.04. The molecule has 1 saturated heterocycles. The van der Waals surface area contributed by atoms with Gasteiger partial charge in [0, 0.05) is 42.7 Å². The predicted molar refractivity (Wildman–Crippen MR) is 119 cm³/mol.